The van der Waals surface area contributed by atoms with E-state index in [0.717, 1.165) is 45.4 Å². The number of rotatable bonds is 5. The molecule has 0 bridgehead atoms. The maximum atomic E-state index is 12.6. The van der Waals surface area contributed by atoms with Crippen LogP contribution in [-0.2, 0) is 16.1 Å². The average Bonchev–Trinajstić information content (AvgIpc) is 3.19. The van der Waals surface area contributed by atoms with Gasteiger partial charge in [-0.2, -0.15) is 0 Å². The van der Waals surface area contributed by atoms with Gasteiger partial charge >= 0.3 is 0 Å². The van der Waals surface area contributed by atoms with E-state index in [1.807, 2.05) is 6.07 Å². The lowest BCUT2D eigenvalue weighted by Crippen LogP contribution is -2.49. The van der Waals surface area contributed by atoms with Crippen molar-refractivity contribution in [3.8, 4) is 0 Å². The van der Waals surface area contributed by atoms with Crippen molar-refractivity contribution in [2.45, 2.75) is 57.3 Å². The van der Waals surface area contributed by atoms with Gasteiger partial charge in [0.1, 0.15) is 0 Å². The first-order valence-electron chi connectivity index (χ1n) is 8.44. The Balaban J connectivity index is 1.56. The molecule has 1 aromatic carbocycles. The van der Waals surface area contributed by atoms with Gasteiger partial charge in [0.25, 0.3) is 0 Å². The molecule has 22 heavy (non-hydrogen) atoms. The van der Waals surface area contributed by atoms with E-state index in [1.165, 1.54) is 5.56 Å². The first-order valence-corrected chi connectivity index (χ1v) is 8.44. The molecule has 2 fully saturated rings. The lowest BCUT2D eigenvalue weighted by atomic mass is 10.1. The molecule has 0 saturated carbocycles. The molecule has 2 saturated heterocycles. The van der Waals surface area contributed by atoms with Crippen LogP contribution in [0.2, 0.25) is 0 Å². The fraction of sp³-hybridized carbons (Fsp3) is 0.611. The summed E-state index contributed by atoms with van der Waals surface area (Å²) in [5.74, 6) is 0.163. The van der Waals surface area contributed by atoms with Crippen molar-refractivity contribution in [1.29, 1.82) is 0 Å². The fourth-order valence-electron chi connectivity index (χ4n) is 3.54. The van der Waals surface area contributed by atoms with Crippen LogP contribution >= 0.6 is 0 Å². The molecule has 2 aliphatic rings. The van der Waals surface area contributed by atoms with Crippen molar-refractivity contribution >= 4 is 5.91 Å². The Morgan fingerprint density at radius 2 is 2.14 bits per heavy atom. The van der Waals surface area contributed by atoms with Crippen LogP contribution in [0.5, 0.6) is 0 Å². The molecule has 2 heterocycles. The molecule has 0 spiro atoms. The van der Waals surface area contributed by atoms with Crippen molar-refractivity contribution in [2.75, 3.05) is 13.2 Å². The van der Waals surface area contributed by atoms with Gasteiger partial charge in [0.2, 0.25) is 5.91 Å². The Morgan fingerprint density at radius 1 is 1.32 bits per heavy atom. The summed E-state index contributed by atoms with van der Waals surface area (Å²) in [5, 5.41) is 3.17. The topological polar surface area (TPSA) is 41.6 Å². The van der Waals surface area contributed by atoms with Crippen LogP contribution in [-0.4, -0.2) is 42.1 Å². The van der Waals surface area contributed by atoms with Crippen molar-refractivity contribution < 1.29 is 9.53 Å². The van der Waals surface area contributed by atoms with Crippen molar-refractivity contribution in [2.24, 2.45) is 0 Å². The molecule has 4 nitrogen and oxygen atoms in total. The highest BCUT2D eigenvalue weighted by Gasteiger charge is 2.32. The molecule has 0 radical (unpaired) electrons. The van der Waals surface area contributed by atoms with Crippen LogP contribution in [0.4, 0.5) is 0 Å². The highest BCUT2D eigenvalue weighted by molar-refractivity contribution is 5.82. The summed E-state index contributed by atoms with van der Waals surface area (Å²) in [6.07, 6.45) is 4.40. The Hall–Kier alpha value is -1.39. The Kier molecular flexibility index (Phi) is 5.11. The van der Waals surface area contributed by atoms with Gasteiger partial charge in [0.05, 0.1) is 18.2 Å². The van der Waals surface area contributed by atoms with Gasteiger partial charge in [-0.3, -0.25) is 9.69 Å². The van der Waals surface area contributed by atoms with E-state index in [2.05, 4.69) is 41.4 Å². The number of hydrogen-bond acceptors (Lipinski definition) is 3. The van der Waals surface area contributed by atoms with E-state index < -0.39 is 0 Å². The van der Waals surface area contributed by atoms with E-state index in [0.29, 0.717) is 0 Å². The van der Waals surface area contributed by atoms with Crippen LogP contribution in [0.25, 0.3) is 0 Å². The predicted molar refractivity (Wildman–Crippen MR) is 86.5 cm³/mol. The summed E-state index contributed by atoms with van der Waals surface area (Å²) in [7, 11) is 0. The van der Waals surface area contributed by atoms with E-state index >= 15 is 0 Å². The maximum Gasteiger partial charge on any atom is 0.237 e. The zero-order chi connectivity index (χ0) is 15.4. The van der Waals surface area contributed by atoms with Gasteiger partial charge < -0.3 is 10.1 Å². The minimum atomic E-state index is 0.00376. The van der Waals surface area contributed by atoms with Crippen molar-refractivity contribution in [3.05, 3.63) is 35.9 Å². The second-order valence-corrected chi connectivity index (χ2v) is 6.46. The standard InChI is InChI=1S/C18H26N2O2/c1-14(17-10-6-12-22-17)19-18(21)16-9-5-11-20(16)13-15-7-3-2-4-8-15/h2-4,7-8,14,16-17H,5-6,9-13H2,1H3,(H,19,21). The summed E-state index contributed by atoms with van der Waals surface area (Å²) in [6, 6.07) is 10.5. The second-order valence-electron chi connectivity index (χ2n) is 6.46. The minimum Gasteiger partial charge on any atom is -0.376 e. The highest BCUT2D eigenvalue weighted by atomic mass is 16.5. The number of nitrogens with one attached hydrogen (secondary N) is 1. The van der Waals surface area contributed by atoms with Gasteiger partial charge in [0, 0.05) is 13.2 Å². The predicted octanol–water partition coefficient (Wildman–Crippen LogP) is 2.33. The maximum absolute atomic E-state index is 12.6. The van der Waals surface area contributed by atoms with Gasteiger partial charge in [-0.25, -0.2) is 0 Å². The lowest BCUT2D eigenvalue weighted by Gasteiger charge is -2.27. The Labute approximate surface area is 132 Å². The molecule has 0 aliphatic carbocycles. The molecule has 3 unspecified atom stereocenters. The molecule has 3 rings (SSSR count). The molecule has 1 N–H and O–H groups in total. The molecule has 3 atom stereocenters. The third-order valence-corrected chi connectivity index (χ3v) is 4.79. The Bertz CT molecular complexity index is 485. The third-order valence-electron chi connectivity index (χ3n) is 4.79. The number of amides is 1. The van der Waals surface area contributed by atoms with Gasteiger partial charge in [-0.1, -0.05) is 30.3 Å². The van der Waals surface area contributed by atoms with Crippen LogP contribution in [0.3, 0.4) is 0 Å². The monoisotopic (exact) mass is 302 g/mol. The smallest absolute Gasteiger partial charge is 0.237 e. The molecule has 120 valence electrons. The number of likely N-dealkylation sites (tertiary alicyclic amines) is 1. The first kappa shape index (κ1) is 15.5. The molecule has 2 aliphatic heterocycles. The van der Waals surface area contributed by atoms with E-state index in [-0.39, 0.29) is 24.1 Å². The summed E-state index contributed by atoms with van der Waals surface area (Å²) in [5.41, 5.74) is 1.27. The van der Waals surface area contributed by atoms with E-state index in [9.17, 15) is 4.79 Å². The average molecular weight is 302 g/mol. The summed E-state index contributed by atoms with van der Waals surface area (Å²) in [6.45, 7) is 4.74. The Morgan fingerprint density at radius 3 is 2.86 bits per heavy atom. The van der Waals surface area contributed by atoms with Gasteiger partial charge in [-0.05, 0) is 44.7 Å². The van der Waals surface area contributed by atoms with Crippen molar-refractivity contribution in [1.82, 2.24) is 10.2 Å². The number of ether oxygens (including phenoxy) is 1. The van der Waals surface area contributed by atoms with E-state index in [4.69, 9.17) is 4.74 Å². The summed E-state index contributed by atoms with van der Waals surface area (Å²) >= 11 is 0. The normalized spacial score (nSPS) is 27.0. The SMILES string of the molecule is CC(NC(=O)C1CCCN1Cc1ccccc1)C1CCCO1. The number of benzene rings is 1. The fourth-order valence-corrected chi connectivity index (χ4v) is 3.54. The molecular weight excluding hydrogens is 276 g/mol. The zero-order valence-electron chi connectivity index (χ0n) is 13.3. The number of carbonyl (C=O) groups excluding carboxylic acids is 1. The molecule has 4 heteroatoms. The van der Waals surface area contributed by atoms with Crippen LogP contribution in [0.15, 0.2) is 30.3 Å². The van der Waals surface area contributed by atoms with Crippen LogP contribution in [0.1, 0.15) is 38.2 Å². The molecule has 0 aromatic heterocycles. The van der Waals surface area contributed by atoms with Crippen molar-refractivity contribution in [3.63, 3.8) is 0 Å². The highest BCUT2D eigenvalue weighted by Crippen LogP contribution is 2.21. The second kappa shape index (κ2) is 7.25. The first-order chi connectivity index (χ1) is 10.7. The largest absolute Gasteiger partial charge is 0.376 e. The molecule has 1 amide bonds. The summed E-state index contributed by atoms with van der Waals surface area (Å²) in [4.78, 5) is 14.9. The quantitative estimate of drug-likeness (QED) is 0.907. The van der Waals surface area contributed by atoms with Crippen LogP contribution < -0.4 is 5.32 Å². The number of nitrogens with zero attached hydrogens (tertiary/aromatic N) is 1. The number of carbonyl (C=O) groups is 1. The third kappa shape index (κ3) is 3.68. The molecule has 1 aromatic rings. The lowest BCUT2D eigenvalue weighted by molar-refractivity contribution is -0.127. The van der Waals surface area contributed by atoms with Crippen LogP contribution in [0, 0.1) is 0 Å². The summed E-state index contributed by atoms with van der Waals surface area (Å²) < 4.78 is 5.67. The number of hydrogen-bond donors (Lipinski definition) is 1. The van der Waals surface area contributed by atoms with E-state index in [1.54, 1.807) is 0 Å². The van der Waals surface area contributed by atoms with Gasteiger partial charge in [0.15, 0.2) is 0 Å². The zero-order valence-corrected chi connectivity index (χ0v) is 13.3. The molecular formula is C18H26N2O2. The van der Waals surface area contributed by atoms with Gasteiger partial charge in [-0.15, -0.1) is 0 Å². The minimum absolute atomic E-state index is 0.00376.